The van der Waals surface area contributed by atoms with Crippen LogP contribution in [0.5, 0.6) is 0 Å². The molecular weight excluding hydrogens is 193 g/mol. The van der Waals surface area contributed by atoms with Crippen molar-refractivity contribution < 1.29 is 12.4 Å². The van der Waals surface area contributed by atoms with E-state index in [-0.39, 0.29) is 0 Å². The summed E-state index contributed by atoms with van der Waals surface area (Å²) >= 11 is -1.75. The molecule has 3 rings (SSSR count). The fraction of sp³-hybridized carbons (Fsp3) is 0.800. The van der Waals surface area contributed by atoms with Crippen LogP contribution in [-0.4, -0.2) is 46.1 Å². The summed E-state index contributed by atoms with van der Waals surface area (Å²) < 4.78 is 18.3. The van der Waals surface area contributed by atoms with Crippen molar-refractivity contribution in [2.24, 2.45) is 5.92 Å². The molecule has 3 fully saturated rings. The fourth-order valence-corrected chi connectivity index (χ4v) is 2.69. The molecular formula is C10H18AlNO2. The van der Waals surface area contributed by atoms with Gasteiger partial charge in [0, 0.05) is 0 Å². The molecule has 0 amide bonds. The third-order valence-corrected chi connectivity index (χ3v) is 3.55. The zero-order valence-corrected chi connectivity index (χ0v) is 9.81. The quantitative estimate of drug-likeness (QED) is 0.369. The fourth-order valence-electron chi connectivity index (χ4n) is 2.69. The van der Waals surface area contributed by atoms with Crippen LogP contribution in [0.25, 0.3) is 0 Å². The number of nitrogens with zero attached hydrogens (tertiary/aromatic N) is 1. The summed E-state index contributed by atoms with van der Waals surface area (Å²) in [4.78, 5) is 0. The van der Waals surface area contributed by atoms with Crippen LogP contribution in [0, 0.1) is 5.92 Å². The Hall–Kier alpha value is -0.168. The molecule has 0 unspecified atom stereocenters. The molecule has 0 saturated carbocycles. The molecule has 3 saturated heterocycles. The Labute approximate surface area is 92.3 Å². The van der Waals surface area contributed by atoms with Crippen molar-refractivity contribution in [1.82, 2.24) is 0 Å². The van der Waals surface area contributed by atoms with E-state index >= 15 is 0 Å². The van der Waals surface area contributed by atoms with Gasteiger partial charge in [-0.1, -0.05) is 6.58 Å². The average Bonchev–Trinajstić information content (AvgIpc) is 2.21. The SMILES string of the molecule is C=CC[N+]12CCC(CC1)CC2.[O]=[Al][O-]. The van der Waals surface area contributed by atoms with Gasteiger partial charge < -0.3 is 4.48 Å². The Bertz CT molecular complexity index is 187. The Morgan fingerprint density at radius 3 is 2.14 bits per heavy atom. The van der Waals surface area contributed by atoms with Gasteiger partial charge in [-0.3, -0.25) is 0 Å². The number of fused-ring (bicyclic) bond motifs is 3. The van der Waals surface area contributed by atoms with Gasteiger partial charge in [0.25, 0.3) is 0 Å². The molecule has 14 heavy (non-hydrogen) atoms. The Kier molecular flexibility index (Phi) is 4.80. The molecule has 0 spiro atoms. The monoisotopic (exact) mass is 211 g/mol. The van der Waals surface area contributed by atoms with Gasteiger partial charge in [0.1, 0.15) is 0 Å². The Morgan fingerprint density at radius 1 is 1.36 bits per heavy atom. The first-order valence-electron chi connectivity index (χ1n) is 5.28. The molecule has 3 aliphatic rings. The zero-order valence-electron chi connectivity index (χ0n) is 8.65. The molecule has 2 bridgehead atoms. The molecule has 3 heterocycles. The predicted octanol–water partition coefficient (Wildman–Crippen LogP) is 0.114. The maximum atomic E-state index is 8.46. The Balaban J connectivity index is 0.000000293. The second kappa shape index (κ2) is 5.65. The first-order chi connectivity index (χ1) is 6.76. The zero-order chi connectivity index (χ0) is 10.4. The number of hydrogen-bond donors (Lipinski definition) is 0. The van der Waals surface area contributed by atoms with Crippen molar-refractivity contribution in [3.05, 3.63) is 12.7 Å². The van der Waals surface area contributed by atoms with E-state index in [2.05, 4.69) is 12.7 Å². The minimum absolute atomic E-state index is 1.08. The van der Waals surface area contributed by atoms with Gasteiger partial charge in [0.2, 0.25) is 0 Å². The summed E-state index contributed by atoms with van der Waals surface area (Å²) in [6, 6.07) is 0. The van der Waals surface area contributed by atoms with Crippen LogP contribution in [0.1, 0.15) is 19.3 Å². The van der Waals surface area contributed by atoms with Crippen molar-refractivity contribution in [1.29, 1.82) is 0 Å². The third kappa shape index (κ3) is 2.91. The van der Waals surface area contributed by atoms with E-state index in [1.165, 1.54) is 49.9 Å². The van der Waals surface area contributed by atoms with Crippen LogP contribution >= 0.6 is 0 Å². The van der Waals surface area contributed by atoms with Gasteiger partial charge in [-0.15, -0.1) is 0 Å². The molecule has 0 atom stereocenters. The van der Waals surface area contributed by atoms with E-state index in [1.54, 1.807) is 0 Å². The average molecular weight is 211 g/mol. The van der Waals surface area contributed by atoms with Crippen LogP contribution in [0.15, 0.2) is 12.7 Å². The summed E-state index contributed by atoms with van der Waals surface area (Å²) in [7, 11) is 0. The molecule has 78 valence electrons. The maximum absolute atomic E-state index is 8.46. The van der Waals surface area contributed by atoms with E-state index in [4.69, 9.17) is 7.96 Å². The molecule has 3 aliphatic heterocycles. The van der Waals surface area contributed by atoms with E-state index < -0.39 is 15.5 Å². The second-order valence-corrected chi connectivity index (χ2v) is 4.50. The standard InChI is InChI=1S/C10H18N.Al.2O/c1-2-6-11-7-3-10(4-8-11)5-9-11;;;/h2,10H,1,3-9H2;;;/q+1;;;-1. The van der Waals surface area contributed by atoms with Crippen molar-refractivity contribution in [3.8, 4) is 0 Å². The van der Waals surface area contributed by atoms with Crippen molar-refractivity contribution in [2.75, 3.05) is 26.2 Å². The normalized spacial score (nSPS) is 33.9. The summed E-state index contributed by atoms with van der Waals surface area (Å²) in [5.41, 5.74) is 0. The minimum atomic E-state index is -1.75. The van der Waals surface area contributed by atoms with E-state index in [1.807, 2.05) is 0 Å². The first kappa shape index (κ1) is 11.9. The Morgan fingerprint density at radius 2 is 1.79 bits per heavy atom. The molecule has 4 heteroatoms. The van der Waals surface area contributed by atoms with Gasteiger partial charge in [-0.2, -0.15) is 0 Å². The third-order valence-electron chi connectivity index (χ3n) is 3.55. The summed E-state index contributed by atoms with van der Waals surface area (Å²) in [5.74, 6) is 1.08. The number of rotatable bonds is 2. The molecule has 0 aromatic heterocycles. The number of hydrogen-bond acceptors (Lipinski definition) is 2. The van der Waals surface area contributed by atoms with Gasteiger partial charge in [0.05, 0.1) is 26.2 Å². The topological polar surface area (TPSA) is 40.1 Å². The van der Waals surface area contributed by atoms with E-state index in [9.17, 15) is 0 Å². The predicted molar refractivity (Wildman–Crippen MR) is 53.7 cm³/mol. The van der Waals surface area contributed by atoms with Crippen LogP contribution in [0.3, 0.4) is 0 Å². The second-order valence-electron chi connectivity index (χ2n) is 4.31. The molecule has 0 aromatic carbocycles. The molecule has 0 aliphatic carbocycles. The summed E-state index contributed by atoms with van der Waals surface area (Å²) in [5, 5.41) is 0. The summed E-state index contributed by atoms with van der Waals surface area (Å²) in [6.45, 7) is 9.35. The van der Waals surface area contributed by atoms with Crippen molar-refractivity contribution in [3.63, 3.8) is 0 Å². The van der Waals surface area contributed by atoms with Gasteiger partial charge in [-0.05, 0) is 31.3 Å². The van der Waals surface area contributed by atoms with Gasteiger partial charge in [0.15, 0.2) is 0 Å². The van der Waals surface area contributed by atoms with Crippen molar-refractivity contribution in [2.45, 2.75) is 19.3 Å². The molecule has 0 aromatic rings. The van der Waals surface area contributed by atoms with E-state index in [0.717, 1.165) is 5.92 Å². The summed E-state index contributed by atoms with van der Waals surface area (Å²) in [6.07, 6.45) is 6.54. The molecule has 0 N–H and O–H groups in total. The van der Waals surface area contributed by atoms with Crippen LogP contribution in [0.4, 0.5) is 0 Å². The van der Waals surface area contributed by atoms with Gasteiger partial charge in [-0.25, -0.2) is 0 Å². The van der Waals surface area contributed by atoms with Crippen LogP contribution in [-0.2, 0) is 3.80 Å². The first-order valence-corrected chi connectivity index (χ1v) is 6.22. The van der Waals surface area contributed by atoms with Crippen LogP contribution in [0.2, 0.25) is 0 Å². The molecule has 3 nitrogen and oxygen atoms in total. The number of quaternary nitrogens is 1. The van der Waals surface area contributed by atoms with E-state index in [0.29, 0.717) is 0 Å². The van der Waals surface area contributed by atoms with Crippen LogP contribution < -0.4 is 4.16 Å². The number of piperidine rings is 3. The molecule has 0 radical (unpaired) electrons. The van der Waals surface area contributed by atoms with Gasteiger partial charge >= 0.3 is 23.4 Å². The van der Waals surface area contributed by atoms with Crippen molar-refractivity contribution >= 4 is 15.5 Å².